The van der Waals surface area contributed by atoms with Crippen LogP contribution >= 0.6 is 23.6 Å². The summed E-state index contributed by atoms with van der Waals surface area (Å²) >= 11 is 6.43. The maximum atomic E-state index is 11.4. The Morgan fingerprint density at radius 2 is 2.40 bits per heavy atom. The lowest BCUT2D eigenvalue weighted by molar-refractivity contribution is -0.120. The molecule has 5 heteroatoms. The molecule has 1 rings (SSSR count). The first-order chi connectivity index (χ1) is 7.13. The highest BCUT2D eigenvalue weighted by atomic mass is 32.1. The van der Waals surface area contributed by atoms with Crippen molar-refractivity contribution in [1.82, 2.24) is 10.3 Å². The zero-order chi connectivity index (χ0) is 11.3. The monoisotopic (exact) mass is 240 g/mol. The fourth-order valence-electron chi connectivity index (χ4n) is 1.04. The highest BCUT2D eigenvalue weighted by molar-refractivity contribution is 7.73. The van der Waals surface area contributed by atoms with Crippen LogP contribution in [0.1, 0.15) is 17.5 Å². The molecule has 80 valence electrons. The van der Waals surface area contributed by atoms with Gasteiger partial charge in [-0.2, -0.15) is 0 Å². The van der Waals surface area contributed by atoms with E-state index in [1.54, 1.807) is 6.92 Å². The van der Waals surface area contributed by atoms with Gasteiger partial charge in [0.25, 0.3) is 0 Å². The van der Waals surface area contributed by atoms with Crippen LogP contribution in [0.3, 0.4) is 0 Å². The molecule has 0 saturated heterocycles. The Morgan fingerprint density at radius 3 is 2.93 bits per heavy atom. The maximum absolute atomic E-state index is 11.4. The molecule has 0 atom stereocenters. The van der Waals surface area contributed by atoms with Gasteiger partial charge in [-0.15, -0.1) is 17.3 Å². The Morgan fingerprint density at radius 1 is 1.67 bits per heavy atom. The van der Waals surface area contributed by atoms with E-state index >= 15 is 0 Å². The summed E-state index contributed by atoms with van der Waals surface area (Å²) in [5, 5.41) is 2.71. The van der Waals surface area contributed by atoms with Gasteiger partial charge in [-0.3, -0.25) is 4.79 Å². The summed E-state index contributed by atoms with van der Waals surface area (Å²) in [4.78, 5) is 15.4. The average Bonchev–Trinajstić information content (AvgIpc) is 2.45. The number of carbonyl (C=O) groups is 1. The number of aromatic amines is 1. The SMILES string of the molecule is CC#CCNC(=O)Cc1sc(=S)[nH]c1C. The van der Waals surface area contributed by atoms with Gasteiger partial charge in [-0.25, -0.2) is 0 Å². The van der Waals surface area contributed by atoms with E-state index in [0.717, 1.165) is 10.6 Å². The van der Waals surface area contributed by atoms with Gasteiger partial charge in [0.15, 0.2) is 3.95 Å². The number of thiazole rings is 1. The third-order valence-electron chi connectivity index (χ3n) is 1.80. The largest absolute Gasteiger partial charge is 0.345 e. The molecule has 0 bridgehead atoms. The molecule has 0 aromatic carbocycles. The molecule has 1 aromatic heterocycles. The first-order valence-corrected chi connectivity index (χ1v) is 5.71. The molecular weight excluding hydrogens is 228 g/mol. The summed E-state index contributed by atoms with van der Waals surface area (Å²) in [7, 11) is 0. The highest BCUT2D eigenvalue weighted by Gasteiger charge is 2.07. The van der Waals surface area contributed by atoms with Gasteiger partial charge in [0.05, 0.1) is 13.0 Å². The number of H-pyrrole nitrogens is 1. The molecule has 0 fully saturated rings. The molecule has 0 radical (unpaired) electrons. The lowest BCUT2D eigenvalue weighted by Gasteiger charge is -1.99. The Bertz CT molecular complexity index is 462. The van der Waals surface area contributed by atoms with Crippen LogP contribution in [0.4, 0.5) is 0 Å². The molecule has 1 aromatic rings. The predicted molar refractivity (Wildman–Crippen MR) is 64.4 cm³/mol. The van der Waals surface area contributed by atoms with Crippen molar-refractivity contribution in [3.8, 4) is 11.8 Å². The van der Waals surface area contributed by atoms with E-state index in [9.17, 15) is 4.79 Å². The Hall–Kier alpha value is -1.12. The van der Waals surface area contributed by atoms with E-state index in [-0.39, 0.29) is 5.91 Å². The number of carbonyl (C=O) groups excluding carboxylic acids is 1. The smallest absolute Gasteiger partial charge is 0.226 e. The average molecular weight is 240 g/mol. The summed E-state index contributed by atoms with van der Waals surface area (Å²) in [5.74, 6) is 5.47. The van der Waals surface area contributed by atoms with Gasteiger partial charge in [0, 0.05) is 10.6 Å². The minimum atomic E-state index is -0.0221. The molecule has 15 heavy (non-hydrogen) atoms. The number of rotatable bonds is 3. The van der Waals surface area contributed by atoms with Crippen molar-refractivity contribution in [3.63, 3.8) is 0 Å². The maximum Gasteiger partial charge on any atom is 0.226 e. The number of hydrogen-bond donors (Lipinski definition) is 2. The first kappa shape index (κ1) is 12.0. The molecule has 0 aliphatic carbocycles. The number of hydrogen-bond acceptors (Lipinski definition) is 3. The van der Waals surface area contributed by atoms with Gasteiger partial charge in [0.2, 0.25) is 5.91 Å². The number of nitrogens with one attached hydrogen (secondary N) is 2. The lowest BCUT2D eigenvalue weighted by Crippen LogP contribution is -2.25. The summed E-state index contributed by atoms with van der Waals surface area (Å²) in [5.41, 5.74) is 0.974. The lowest BCUT2D eigenvalue weighted by atomic mass is 10.3. The molecular formula is C10H12N2OS2. The molecule has 0 unspecified atom stereocenters. The fraction of sp³-hybridized carbons (Fsp3) is 0.400. The van der Waals surface area contributed by atoms with E-state index in [4.69, 9.17) is 12.2 Å². The second-order valence-corrected chi connectivity index (χ2v) is 4.71. The predicted octanol–water partition coefficient (Wildman–Crippen LogP) is 1.80. The van der Waals surface area contributed by atoms with Crippen molar-refractivity contribution in [3.05, 3.63) is 14.5 Å². The normalized spacial score (nSPS) is 9.20. The second kappa shape index (κ2) is 5.69. The molecule has 0 spiro atoms. The third-order valence-corrected chi connectivity index (χ3v) is 3.13. The third kappa shape index (κ3) is 3.86. The molecule has 0 saturated carbocycles. The van der Waals surface area contributed by atoms with Crippen LogP contribution in [0.15, 0.2) is 0 Å². The molecule has 1 heterocycles. The number of aryl methyl sites for hydroxylation is 1. The van der Waals surface area contributed by atoms with E-state index in [2.05, 4.69) is 22.1 Å². The van der Waals surface area contributed by atoms with Crippen molar-refractivity contribution in [2.75, 3.05) is 6.54 Å². The number of amides is 1. The minimum Gasteiger partial charge on any atom is -0.345 e. The van der Waals surface area contributed by atoms with Crippen LogP contribution in [0.2, 0.25) is 0 Å². The van der Waals surface area contributed by atoms with Crippen LogP contribution in [-0.2, 0) is 11.2 Å². The summed E-state index contributed by atoms with van der Waals surface area (Å²) in [6.45, 7) is 4.07. The summed E-state index contributed by atoms with van der Waals surface area (Å²) in [6.07, 6.45) is 0.370. The fourth-order valence-corrected chi connectivity index (χ4v) is 2.34. The minimum absolute atomic E-state index is 0.0221. The zero-order valence-electron chi connectivity index (χ0n) is 8.64. The molecule has 0 aliphatic heterocycles. The number of aromatic nitrogens is 1. The van der Waals surface area contributed by atoms with E-state index in [1.165, 1.54) is 11.3 Å². The molecule has 2 N–H and O–H groups in total. The first-order valence-electron chi connectivity index (χ1n) is 4.48. The van der Waals surface area contributed by atoms with Crippen LogP contribution < -0.4 is 5.32 Å². The van der Waals surface area contributed by atoms with Gasteiger partial charge in [-0.1, -0.05) is 5.92 Å². The van der Waals surface area contributed by atoms with Gasteiger partial charge in [0.1, 0.15) is 0 Å². The van der Waals surface area contributed by atoms with Crippen molar-refractivity contribution in [1.29, 1.82) is 0 Å². The van der Waals surface area contributed by atoms with Crippen LogP contribution in [0.5, 0.6) is 0 Å². The summed E-state index contributed by atoms with van der Waals surface area (Å²) in [6, 6.07) is 0. The van der Waals surface area contributed by atoms with Crippen molar-refractivity contribution in [2.24, 2.45) is 0 Å². The molecule has 1 amide bonds. The van der Waals surface area contributed by atoms with Crippen LogP contribution in [0.25, 0.3) is 0 Å². The van der Waals surface area contributed by atoms with Gasteiger partial charge in [-0.05, 0) is 26.1 Å². The van der Waals surface area contributed by atoms with E-state index in [0.29, 0.717) is 16.9 Å². The van der Waals surface area contributed by atoms with Crippen LogP contribution in [0, 0.1) is 22.7 Å². The van der Waals surface area contributed by atoms with Crippen molar-refractivity contribution < 1.29 is 4.79 Å². The topological polar surface area (TPSA) is 44.9 Å². The van der Waals surface area contributed by atoms with Crippen molar-refractivity contribution in [2.45, 2.75) is 20.3 Å². The Kier molecular flexibility index (Phi) is 4.53. The second-order valence-electron chi connectivity index (χ2n) is 2.94. The van der Waals surface area contributed by atoms with Gasteiger partial charge >= 0.3 is 0 Å². The highest BCUT2D eigenvalue weighted by Crippen LogP contribution is 2.14. The summed E-state index contributed by atoms with van der Waals surface area (Å²) < 4.78 is 0.712. The molecule has 0 aliphatic rings. The van der Waals surface area contributed by atoms with E-state index < -0.39 is 0 Å². The van der Waals surface area contributed by atoms with E-state index in [1.807, 2.05) is 6.92 Å². The molecule has 3 nitrogen and oxygen atoms in total. The Labute approximate surface area is 97.9 Å². The Balaban J connectivity index is 2.53. The van der Waals surface area contributed by atoms with Crippen LogP contribution in [-0.4, -0.2) is 17.4 Å². The zero-order valence-corrected chi connectivity index (χ0v) is 10.3. The quantitative estimate of drug-likeness (QED) is 0.625. The standard InChI is InChI=1S/C10H12N2OS2/c1-3-4-5-11-9(13)6-8-7(2)12-10(14)15-8/h5-6H2,1-2H3,(H,11,13)(H,12,14). The van der Waals surface area contributed by atoms with Crippen molar-refractivity contribution >= 4 is 29.5 Å². The van der Waals surface area contributed by atoms with Gasteiger partial charge < -0.3 is 10.3 Å².